The van der Waals surface area contributed by atoms with Crippen LogP contribution in [-0.2, 0) is 0 Å². The zero-order valence-electron chi connectivity index (χ0n) is 13.4. The van der Waals surface area contributed by atoms with Crippen molar-refractivity contribution >= 4 is 0 Å². The smallest absolute Gasteiger partial charge is 0.165 e. The summed E-state index contributed by atoms with van der Waals surface area (Å²) >= 11 is 0. The van der Waals surface area contributed by atoms with Gasteiger partial charge in [-0.3, -0.25) is 0 Å². The van der Waals surface area contributed by atoms with Crippen LogP contribution < -0.4 is 14.8 Å². The van der Waals surface area contributed by atoms with Gasteiger partial charge in [-0.05, 0) is 44.7 Å². The first-order chi connectivity index (χ1) is 10.3. The molecule has 3 nitrogen and oxygen atoms in total. The summed E-state index contributed by atoms with van der Waals surface area (Å²) in [4.78, 5) is 0. The van der Waals surface area contributed by atoms with E-state index in [2.05, 4.69) is 24.4 Å². The lowest BCUT2D eigenvalue weighted by Crippen LogP contribution is -2.25. The normalized spacial score (nSPS) is 16.2. The molecule has 1 aliphatic carbocycles. The number of rotatable bonds is 7. The van der Waals surface area contributed by atoms with Crippen LogP contribution in [0.4, 0.5) is 0 Å². The summed E-state index contributed by atoms with van der Waals surface area (Å²) in [5, 5.41) is 3.68. The van der Waals surface area contributed by atoms with E-state index in [0.29, 0.717) is 0 Å². The highest BCUT2D eigenvalue weighted by Crippen LogP contribution is 2.39. The summed E-state index contributed by atoms with van der Waals surface area (Å²) in [7, 11) is 3.41. The van der Waals surface area contributed by atoms with Gasteiger partial charge in [0.25, 0.3) is 0 Å². The Kier molecular flexibility index (Phi) is 6.12. The van der Waals surface area contributed by atoms with Crippen LogP contribution in [-0.4, -0.2) is 20.8 Å². The molecule has 0 radical (unpaired) electrons. The van der Waals surface area contributed by atoms with E-state index < -0.39 is 0 Å². The molecule has 1 aliphatic rings. The van der Waals surface area contributed by atoms with Gasteiger partial charge in [0.1, 0.15) is 0 Å². The number of methoxy groups -OCH3 is 2. The minimum absolute atomic E-state index is 0.232. The predicted octanol–water partition coefficient (Wildman–Crippen LogP) is 4.24. The minimum Gasteiger partial charge on any atom is -0.493 e. The van der Waals surface area contributed by atoms with E-state index in [1.54, 1.807) is 14.2 Å². The molecule has 0 spiro atoms. The Bertz CT molecular complexity index is 482. The maximum absolute atomic E-state index is 5.63. The maximum atomic E-state index is 5.63. The molecule has 0 aromatic heterocycles. The fourth-order valence-electron chi connectivity index (χ4n) is 2.99. The number of hydrogen-bond donors (Lipinski definition) is 1. The average molecular weight is 289 g/mol. The second kappa shape index (κ2) is 8.08. The van der Waals surface area contributed by atoms with Crippen LogP contribution in [0.15, 0.2) is 29.8 Å². The third-order valence-electron chi connectivity index (χ3n) is 4.04. The zero-order valence-corrected chi connectivity index (χ0v) is 13.4. The molecule has 1 aromatic carbocycles. The van der Waals surface area contributed by atoms with Crippen LogP contribution in [0.3, 0.4) is 0 Å². The monoisotopic (exact) mass is 289 g/mol. The van der Waals surface area contributed by atoms with Crippen molar-refractivity contribution in [1.82, 2.24) is 5.32 Å². The standard InChI is InChI=1S/C18H27NO2/c1-4-13-19-17(14-9-6-5-7-10-14)15-11-8-12-16(20-2)18(15)21-3/h8-9,11-12,17,19H,4-7,10,13H2,1-3H3. The zero-order chi connectivity index (χ0) is 15.1. The molecule has 0 bridgehead atoms. The van der Waals surface area contributed by atoms with Gasteiger partial charge in [0, 0.05) is 5.56 Å². The van der Waals surface area contributed by atoms with Crippen LogP contribution in [0.5, 0.6) is 11.5 Å². The summed E-state index contributed by atoms with van der Waals surface area (Å²) in [6, 6.07) is 6.37. The van der Waals surface area contributed by atoms with Crippen LogP contribution in [0.25, 0.3) is 0 Å². The first-order valence-corrected chi connectivity index (χ1v) is 7.95. The quantitative estimate of drug-likeness (QED) is 0.761. The molecule has 1 atom stereocenters. The van der Waals surface area contributed by atoms with E-state index in [1.165, 1.54) is 36.8 Å². The third-order valence-corrected chi connectivity index (χ3v) is 4.04. The van der Waals surface area contributed by atoms with Crippen molar-refractivity contribution < 1.29 is 9.47 Å². The second-order valence-electron chi connectivity index (χ2n) is 5.49. The molecule has 116 valence electrons. The third kappa shape index (κ3) is 3.79. The number of ether oxygens (including phenoxy) is 2. The van der Waals surface area contributed by atoms with Crippen molar-refractivity contribution in [2.45, 2.75) is 45.1 Å². The van der Waals surface area contributed by atoms with Gasteiger partial charge >= 0.3 is 0 Å². The van der Waals surface area contributed by atoms with Crippen molar-refractivity contribution in [2.75, 3.05) is 20.8 Å². The molecular formula is C18H27NO2. The van der Waals surface area contributed by atoms with E-state index in [4.69, 9.17) is 9.47 Å². The van der Waals surface area contributed by atoms with Gasteiger partial charge in [-0.1, -0.05) is 30.7 Å². The molecule has 1 unspecified atom stereocenters. The maximum Gasteiger partial charge on any atom is 0.165 e. The summed E-state index contributed by atoms with van der Waals surface area (Å²) < 4.78 is 11.1. The highest BCUT2D eigenvalue weighted by Gasteiger charge is 2.22. The van der Waals surface area contributed by atoms with E-state index in [-0.39, 0.29) is 6.04 Å². The molecule has 0 saturated heterocycles. The Morgan fingerprint density at radius 1 is 1.19 bits per heavy atom. The number of hydrogen-bond acceptors (Lipinski definition) is 3. The van der Waals surface area contributed by atoms with Crippen molar-refractivity contribution in [1.29, 1.82) is 0 Å². The Balaban J connectivity index is 2.38. The molecule has 21 heavy (non-hydrogen) atoms. The Labute approximate surface area is 128 Å². The first-order valence-electron chi connectivity index (χ1n) is 7.95. The summed E-state index contributed by atoms with van der Waals surface area (Å²) in [6.07, 6.45) is 8.46. The molecular weight excluding hydrogens is 262 g/mol. The SMILES string of the molecule is CCCNC(C1=CCCCC1)c1cccc(OC)c1OC. The minimum atomic E-state index is 0.232. The Hall–Kier alpha value is -1.48. The van der Waals surface area contributed by atoms with Gasteiger partial charge in [-0.2, -0.15) is 0 Å². The molecule has 0 amide bonds. The average Bonchev–Trinajstić information content (AvgIpc) is 2.55. The summed E-state index contributed by atoms with van der Waals surface area (Å²) in [6.45, 7) is 3.20. The van der Waals surface area contributed by atoms with Crippen LogP contribution >= 0.6 is 0 Å². The summed E-state index contributed by atoms with van der Waals surface area (Å²) in [5.74, 6) is 1.65. The lowest BCUT2D eigenvalue weighted by atomic mass is 9.89. The highest BCUT2D eigenvalue weighted by molar-refractivity contribution is 5.50. The number of nitrogens with one attached hydrogen (secondary N) is 1. The summed E-state index contributed by atoms with van der Waals surface area (Å²) in [5.41, 5.74) is 2.67. The van der Waals surface area contributed by atoms with Gasteiger partial charge in [-0.25, -0.2) is 0 Å². The second-order valence-corrected chi connectivity index (χ2v) is 5.49. The van der Waals surface area contributed by atoms with Gasteiger partial charge in [-0.15, -0.1) is 0 Å². The molecule has 0 aliphatic heterocycles. The topological polar surface area (TPSA) is 30.5 Å². The molecule has 0 saturated carbocycles. The van der Waals surface area contributed by atoms with Crippen molar-refractivity contribution in [3.8, 4) is 11.5 Å². The molecule has 2 rings (SSSR count). The number of benzene rings is 1. The van der Waals surface area contributed by atoms with Crippen molar-refractivity contribution in [2.24, 2.45) is 0 Å². The fourth-order valence-corrected chi connectivity index (χ4v) is 2.99. The van der Waals surface area contributed by atoms with E-state index in [1.807, 2.05) is 12.1 Å². The van der Waals surface area contributed by atoms with Gasteiger partial charge in [0.15, 0.2) is 11.5 Å². The van der Waals surface area contributed by atoms with Gasteiger partial charge < -0.3 is 14.8 Å². The number of allylic oxidation sites excluding steroid dienone is 1. The molecule has 0 fully saturated rings. The van der Waals surface area contributed by atoms with Crippen LogP contribution in [0.1, 0.15) is 50.6 Å². The largest absolute Gasteiger partial charge is 0.493 e. The van der Waals surface area contributed by atoms with Crippen LogP contribution in [0.2, 0.25) is 0 Å². The Morgan fingerprint density at radius 2 is 2.05 bits per heavy atom. The molecule has 0 heterocycles. The molecule has 3 heteroatoms. The van der Waals surface area contributed by atoms with Gasteiger partial charge in [0.2, 0.25) is 0 Å². The van der Waals surface area contributed by atoms with E-state index in [9.17, 15) is 0 Å². The van der Waals surface area contributed by atoms with Crippen molar-refractivity contribution in [3.05, 3.63) is 35.4 Å². The van der Waals surface area contributed by atoms with E-state index >= 15 is 0 Å². The first kappa shape index (κ1) is 15.9. The number of para-hydroxylation sites is 1. The highest BCUT2D eigenvalue weighted by atomic mass is 16.5. The fraction of sp³-hybridized carbons (Fsp3) is 0.556. The lowest BCUT2D eigenvalue weighted by molar-refractivity contribution is 0.348. The molecule has 1 aromatic rings. The van der Waals surface area contributed by atoms with Crippen LogP contribution in [0, 0.1) is 0 Å². The predicted molar refractivity (Wildman–Crippen MR) is 87.1 cm³/mol. The molecule has 1 N–H and O–H groups in total. The van der Waals surface area contributed by atoms with E-state index in [0.717, 1.165) is 24.5 Å². The lowest BCUT2D eigenvalue weighted by Gasteiger charge is -2.27. The van der Waals surface area contributed by atoms with Crippen molar-refractivity contribution in [3.63, 3.8) is 0 Å². The Morgan fingerprint density at radius 3 is 2.67 bits per heavy atom. The van der Waals surface area contributed by atoms with Gasteiger partial charge in [0.05, 0.1) is 20.3 Å².